The Balaban J connectivity index is 1.86. The van der Waals surface area contributed by atoms with Crippen LogP contribution in [-0.2, 0) is 0 Å². The molecule has 0 aliphatic carbocycles. The summed E-state index contributed by atoms with van der Waals surface area (Å²) >= 11 is 8.30. The van der Waals surface area contributed by atoms with Gasteiger partial charge in [0, 0.05) is 12.4 Å². The van der Waals surface area contributed by atoms with E-state index in [2.05, 4.69) is 20.2 Å². The largest absolute Gasteiger partial charge is 0.410 e. The summed E-state index contributed by atoms with van der Waals surface area (Å²) in [7, 11) is 0. The molecule has 3 heterocycles. The number of nitrogens with zero attached hydrogens (tertiary/aromatic N) is 5. The highest BCUT2D eigenvalue weighted by molar-refractivity contribution is 7.99. The zero-order valence-electron chi connectivity index (χ0n) is 9.65. The number of hydrogen-bond donors (Lipinski definition) is 0. The molecular weight excluding hydrogens is 318 g/mol. The van der Waals surface area contributed by atoms with Crippen molar-refractivity contribution in [1.29, 1.82) is 5.26 Å². The first-order valence-corrected chi connectivity index (χ1v) is 7.25. The van der Waals surface area contributed by atoms with Gasteiger partial charge in [-0.25, -0.2) is 9.97 Å². The van der Waals surface area contributed by atoms with E-state index in [-0.39, 0.29) is 5.69 Å². The Hall–Kier alpha value is -1.95. The Morgan fingerprint density at radius 2 is 2.10 bits per heavy atom. The topological polar surface area (TPSA) is 88.5 Å². The van der Waals surface area contributed by atoms with Gasteiger partial charge < -0.3 is 4.42 Å². The molecular formula is C11H4ClN5OS2. The average molecular weight is 322 g/mol. The molecule has 0 bridgehead atoms. The second-order valence-corrected chi connectivity index (χ2v) is 6.06. The lowest BCUT2D eigenvalue weighted by Gasteiger charge is -1.95. The summed E-state index contributed by atoms with van der Waals surface area (Å²) in [6.07, 6.45) is 2.95. The lowest BCUT2D eigenvalue weighted by Crippen LogP contribution is -1.89. The van der Waals surface area contributed by atoms with Crippen molar-refractivity contribution in [3.63, 3.8) is 0 Å². The molecule has 9 heteroatoms. The van der Waals surface area contributed by atoms with Crippen LogP contribution in [-0.4, -0.2) is 20.2 Å². The molecule has 0 aliphatic heterocycles. The van der Waals surface area contributed by atoms with Crippen LogP contribution < -0.4 is 0 Å². The van der Waals surface area contributed by atoms with Gasteiger partial charge in [-0.15, -0.1) is 21.5 Å². The van der Waals surface area contributed by atoms with Crippen molar-refractivity contribution in [2.75, 3.05) is 0 Å². The third-order valence-electron chi connectivity index (χ3n) is 2.15. The predicted molar refractivity (Wildman–Crippen MR) is 73.5 cm³/mol. The minimum absolute atomic E-state index is 0.219. The van der Waals surface area contributed by atoms with Crippen LogP contribution in [0.1, 0.15) is 5.69 Å². The van der Waals surface area contributed by atoms with Gasteiger partial charge in [-0.3, -0.25) is 0 Å². The van der Waals surface area contributed by atoms with Crippen molar-refractivity contribution in [1.82, 2.24) is 20.2 Å². The highest BCUT2D eigenvalue weighted by Gasteiger charge is 2.14. The van der Waals surface area contributed by atoms with Crippen LogP contribution in [0.25, 0.3) is 10.8 Å². The van der Waals surface area contributed by atoms with Crippen molar-refractivity contribution < 1.29 is 4.42 Å². The molecule has 0 unspecified atom stereocenters. The lowest BCUT2D eigenvalue weighted by atomic mass is 10.5. The molecule has 0 aliphatic rings. The van der Waals surface area contributed by atoms with Crippen LogP contribution in [0.3, 0.4) is 0 Å². The molecule has 6 nitrogen and oxygen atoms in total. The van der Waals surface area contributed by atoms with Gasteiger partial charge in [-0.2, -0.15) is 5.26 Å². The number of rotatable bonds is 3. The highest BCUT2D eigenvalue weighted by atomic mass is 35.5. The van der Waals surface area contributed by atoms with E-state index >= 15 is 0 Å². The van der Waals surface area contributed by atoms with Crippen molar-refractivity contribution >= 4 is 34.7 Å². The van der Waals surface area contributed by atoms with E-state index in [0.29, 0.717) is 20.5 Å². The second-order valence-electron chi connectivity index (χ2n) is 3.40. The third kappa shape index (κ3) is 2.65. The third-order valence-corrected chi connectivity index (χ3v) is 4.20. The number of hydrogen-bond acceptors (Lipinski definition) is 8. The fourth-order valence-electron chi connectivity index (χ4n) is 1.34. The Bertz CT molecular complexity index is 794. The van der Waals surface area contributed by atoms with E-state index in [0.717, 1.165) is 16.6 Å². The molecule has 0 saturated heterocycles. The predicted octanol–water partition coefficient (Wildman–Crippen LogP) is 3.26. The summed E-state index contributed by atoms with van der Waals surface area (Å²) in [5.74, 6) is 0.381. The highest BCUT2D eigenvalue weighted by Crippen LogP contribution is 2.33. The summed E-state index contributed by atoms with van der Waals surface area (Å²) in [5, 5.41) is 17.5. The van der Waals surface area contributed by atoms with Crippen molar-refractivity contribution in [2.24, 2.45) is 0 Å². The van der Waals surface area contributed by atoms with Gasteiger partial charge >= 0.3 is 0 Å². The maximum absolute atomic E-state index is 8.94. The molecule has 3 rings (SSSR count). The van der Waals surface area contributed by atoms with Crippen LogP contribution in [0, 0.1) is 11.3 Å². The monoisotopic (exact) mass is 321 g/mol. The van der Waals surface area contributed by atoms with Crippen molar-refractivity contribution in [3.8, 4) is 16.8 Å². The van der Waals surface area contributed by atoms with Crippen LogP contribution in [0.15, 0.2) is 39.2 Å². The standard InChI is InChI=1S/C11H4ClN5OS2/c12-8-2-1-7(19-8)9-16-17-11(18-9)20-10-6(5-13)14-3-4-15-10/h1-4H. The molecule has 3 aromatic heterocycles. The molecule has 0 fully saturated rings. The van der Waals surface area contributed by atoms with E-state index in [1.807, 2.05) is 6.07 Å². The first kappa shape index (κ1) is 13.1. The van der Waals surface area contributed by atoms with Crippen LogP contribution >= 0.6 is 34.7 Å². The Labute approximate surface area is 126 Å². The van der Waals surface area contributed by atoms with E-state index in [1.165, 1.54) is 23.7 Å². The van der Waals surface area contributed by atoms with Crippen LogP contribution in [0.2, 0.25) is 4.34 Å². The fourth-order valence-corrected chi connectivity index (χ4v) is 2.98. The molecule has 20 heavy (non-hydrogen) atoms. The molecule has 0 spiro atoms. The Morgan fingerprint density at radius 1 is 1.25 bits per heavy atom. The molecule has 0 amide bonds. The van der Waals surface area contributed by atoms with Gasteiger partial charge in [0.2, 0.25) is 0 Å². The number of nitriles is 1. The van der Waals surface area contributed by atoms with Gasteiger partial charge in [-0.1, -0.05) is 11.6 Å². The average Bonchev–Trinajstić information content (AvgIpc) is 3.08. The van der Waals surface area contributed by atoms with Gasteiger partial charge in [0.05, 0.1) is 9.21 Å². The maximum Gasteiger partial charge on any atom is 0.283 e. The second kappa shape index (κ2) is 5.58. The van der Waals surface area contributed by atoms with E-state index < -0.39 is 0 Å². The van der Waals surface area contributed by atoms with Gasteiger partial charge in [0.1, 0.15) is 11.1 Å². The van der Waals surface area contributed by atoms with Gasteiger partial charge in [-0.05, 0) is 23.9 Å². The molecule has 0 saturated carbocycles. The van der Waals surface area contributed by atoms with Crippen LogP contribution in [0.5, 0.6) is 0 Å². The van der Waals surface area contributed by atoms with Crippen molar-refractivity contribution in [2.45, 2.75) is 10.2 Å². The molecule has 0 N–H and O–H groups in total. The van der Waals surface area contributed by atoms with E-state index in [4.69, 9.17) is 21.3 Å². The molecule has 0 radical (unpaired) electrons. The summed E-state index contributed by atoms with van der Waals surface area (Å²) in [5.41, 5.74) is 0.219. The van der Waals surface area contributed by atoms with Crippen LogP contribution in [0.4, 0.5) is 0 Å². The van der Waals surface area contributed by atoms with E-state index in [9.17, 15) is 0 Å². The molecule has 0 aromatic carbocycles. The van der Waals surface area contributed by atoms with Gasteiger partial charge in [0.15, 0.2) is 5.69 Å². The fraction of sp³-hybridized carbons (Fsp3) is 0. The smallest absolute Gasteiger partial charge is 0.283 e. The van der Waals surface area contributed by atoms with Crippen molar-refractivity contribution in [3.05, 3.63) is 34.6 Å². The zero-order chi connectivity index (χ0) is 13.9. The maximum atomic E-state index is 8.94. The number of thiophene rings is 1. The Kier molecular flexibility index (Phi) is 3.64. The molecule has 0 atom stereocenters. The number of halogens is 1. The summed E-state index contributed by atoms with van der Waals surface area (Å²) in [6, 6.07) is 5.52. The SMILES string of the molecule is N#Cc1nccnc1Sc1nnc(-c2ccc(Cl)s2)o1. The first-order chi connectivity index (χ1) is 9.76. The normalized spacial score (nSPS) is 10.4. The van der Waals surface area contributed by atoms with Gasteiger partial charge in [0.25, 0.3) is 11.1 Å². The quantitative estimate of drug-likeness (QED) is 0.731. The molecule has 98 valence electrons. The zero-order valence-corrected chi connectivity index (χ0v) is 12.0. The minimum atomic E-state index is 0.219. The summed E-state index contributed by atoms with van der Waals surface area (Å²) < 4.78 is 6.15. The molecule has 3 aromatic rings. The van der Waals surface area contributed by atoms with E-state index in [1.54, 1.807) is 12.1 Å². The minimum Gasteiger partial charge on any atom is -0.410 e. The summed E-state index contributed by atoms with van der Waals surface area (Å²) in [6.45, 7) is 0. The first-order valence-electron chi connectivity index (χ1n) is 5.24. The Morgan fingerprint density at radius 3 is 2.85 bits per heavy atom. The number of aromatic nitrogens is 4. The summed E-state index contributed by atoms with van der Waals surface area (Å²) in [4.78, 5) is 8.76. The lowest BCUT2D eigenvalue weighted by molar-refractivity contribution is 0.466.